The largest absolute Gasteiger partial charge is 0.355 e. The molecule has 0 unspecified atom stereocenters. The SMILES string of the molecule is O=C(CCN1C(=O)c2ccccc2C1=O)NCCS(=O)(=O)N1CCc2ccccc2C1. The van der Waals surface area contributed by atoms with Crippen molar-refractivity contribution in [3.63, 3.8) is 0 Å². The van der Waals surface area contributed by atoms with Crippen LogP contribution in [0, 0.1) is 0 Å². The molecule has 0 fully saturated rings. The van der Waals surface area contributed by atoms with E-state index in [-0.39, 0.29) is 25.3 Å². The molecule has 1 N–H and O–H groups in total. The molecule has 9 heteroatoms. The zero-order chi connectivity index (χ0) is 22.0. The van der Waals surface area contributed by atoms with E-state index in [9.17, 15) is 22.8 Å². The Morgan fingerprint density at radius 2 is 1.55 bits per heavy atom. The third kappa shape index (κ3) is 4.38. The van der Waals surface area contributed by atoms with Gasteiger partial charge in [0.15, 0.2) is 0 Å². The fraction of sp³-hybridized carbons (Fsp3) is 0.318. The molecule has 31 heavy (non-hydrogen) atoms. The lowest BCUT2D eigenvalue weighted by Gasteiger charge is -2.28. The fourth-order valence-corrected chi connectivity index (χ4v) is 5.22. The number of hydrogen-bond donors (Lipinski definition) is 1. The molecule has 0 spiro atoms. The maximum absolute atomic E-state index is 12.6. The molecule has 162 valence electrons. The zero-order valence-corrected chi connectivity index (χ0v) is 17.7. The molecule has 0 radical (unpaired) electrons. The lowest BCUT2D eigenvalue weighted by molar-refractivity contribution is -0.121. The first-order chi connectivity index (χ1) is 14.9. The highest BCUT2D eigenvalue weighted by atomic mass is 32.2. The van der Waals surface area contributed by atoms with Gasteiger partial charge in [-0.05, 0) is 29.7 Å². The lowest BCUT2D eigenvalue weighted by atomic mass is 10.0. The summed E-state index contributed by atoms with van der Waals surface area (Å²) >= 11 is 0. The van der Waals surface area contributed by atoms with Crippen molar-refractivity contribution in [1.29, 1.82) is 0 Å². The monoisotopic (exact) mass is 441 g/mol. The Morgan fingerprint density at radius 1 is 0.935 bits per heavy atom. The third-order valence-corrected chi connectivity index (χ3v) is 7.43. The molecule has 2 aliphatic heterocycles. The van der Waals surface area contributed by atoms with Gasteiger partial charge >= 0.3 is 0 Å². The number of imide groups is 1. The van der Waals surface area contributed by atoms with Gasteiger partial charge in [-0.3, -0.25) is 19.3 Å². The van der Waals surface area contributed by atoms with E-state index in [0.717, 1.165) is 16.0 Å². The molecule has 2 aromatic carbocycles. The molecule has 0 aromatic heterocycles. The summed E-state index contributed by atoms with van der Waals surface area (Å²) in [5, 5.41) is 2.58. The first kappa shape index (κ1) is 21.2. The van der Waals surface area contributed by atoms with Gasteiger partial charge in [0.05, 0.1) is 16.9 Å². The molecule has 4 rings (SSSR count). The summed E-state index contributed by atoms with van der Waals surface area (Å²) in [6.45, 7) is 0.689. The Kier molecular flexibility index (Phi) is 5.88. The minimum atomic E-state index is -3.51. The van der Waals surface area contributed by atoms with E-state index in [4.69, 9.17) is 0 Å². The molecule has 0 aliphatic carbocycles. The Balaban J connectivity index is 1.24. The molecular formula is C22H23N3O5S. The van der Waals surface area contributed by atoms with Gasteiger partial charge in [-0.15, -0.1) is 0 Å². The van der Waals surface area contributed by atoms with Crippen LogP contribution >= 0.6 is 0 Å². The van der Waals surface area contributed by atoms with Crippen LogP contribution in [0.5, 0.6) is 0 Å². The Labute approximate surface area is 180 Å². The second kappa shape index (κ2) is 8.60. The zero-order valence-electron chi connectivity index (χ0n) is 16.9. The van der Waals surface area contributed by atoms with Crippen molar-refractivity contribution in [2.45, 2.75) is 19.4 Å². The first-order valence-electron chi connectivity index (χ1n) is 10.1. The minimum absolute atomic E-state index is 0.0264. The van der Waals surface area contributed by atoms with Gasteiger partial charge in [0.25, 0.3) is 11.8 Å². The van der Waals surface area contributed by atoms with Gasteiger partial charge in [0.2, 0.25) is 15.9 Å². The molecule has 8 nitrogen and oxygen atoms in total. The number of hydrogen-bond acceptors (Lipinski definition) is 5. The Morgan fingerprint density at radius 3 is 2.23 bits per heavy atom. The molecule has 3 amide bonds. The van der Waals surface area contributed by atoms with Gasteiger partial charge in [-0.25, -0.2) is 8.42 Å². The molecule has 0 atom stereocenters. The first-order valence-corrected chi connectivity index (χ1v) is 11.7. The molecule has 0 saturated carbocycles. The molecule has 2 aliphatic rings. The van der Waals surface area contributed by atoms with E-state index in [2.05, 4.69) is 5.32 Å². The molecular weight excluding hydrogens is 418 g/mol. The van der Waals surface area contributed by atoms with E-state index >= 15 is 0 Å². The summed E-state index contributed by atoms with van der Waals surface area (Å²) in [6.07, 6.45) is 0.588. The number of rotatable bonds is 7. The average Bonchev–Trinajstić information content (AvgIpc) is 3.02. The Bertz CT molecular complexity index is 1110. The highest BCUT2D eigenvalue weighted by Crippen LogP contribution is 2.23. The van der Waals surface area contributed by atoms with E-state index < -0.39 is 27.7 Å². The summed E-state index contributed by atoms with van der Waals surface area (Å²) in [7, 11) is -3.51. The van der Waals surface area contributed by atoms with E-state index in [1.54, 1.807) is 24.3 Å². The van der Waals surface area contributed by atoms with Gasteiger partial charge in [0.1, 0.15) is 0 Å². The van der Waals surface area contributed by atoms with E-state index in [1.807, 2.05) is 24.3 Å². The minimum Gasteiger partial charge on any atom is -0.355 e. The second-order valence-corrected chi connectivity index (χ2v) is 9.66. The maximum atomic E-state index is 12.6. The second-order valence-electron chi connectivity index (χ2n) is 7.58. The average molecular weight is 442 g/mol. The number of amides is 3. The van der Waals surface area contributed by atoms with Crippen LogP contribution in [-0.2, 0) is 27.8 Å². The number of carbonyl (C=O) groups is 3. The van der Waals surface area contributed by atoms with E-state index in [1.165, 1.54) is 4.31 Å². The van der Waals surface area contributed by atoms with Crippen LogP contribution in [0.25, 0.3) is 0 Å². The van der Waals surface area contributed by atoms with Gasteiger partial charge in [0, 0.05) is 32.6 Å². The lowest BCUT2D eigenvalue weighted by Crippen LogP contribution is -2.41. The highest BCUT2D eigenvalue weighted by Gasteiger charge is 2.35. The number of carbonyl (C=O) groups excluding carboxylic acids is 3. The number of sulfonamides is 1. The van der Waals surface area contributed by atoms with Gasteiger partial charge in [-0.1, -0.05) is 36.4 Å². The maximum Gasteiger partial charge on any atom is 0.261 e. The topological polar surface area (TPSA) is 104 Å². The van der Waals surface area contributed by atoms with Crippen molar-refractivity contribution in [2.24, 2.45) is 0 Å². The number of fused-ring (bicyclic) bond motifs is 2. The van der Waals surface area contributed by atoms with Crippen LogP contribution in [0.3, 0.4) is 0 Å². The fourth-order valence-electron chi connectivity index (χ4n) is 3.90. The van der Waals surface area contributed by atoms with Crippen LogP contribution in [0.4, 0.5) is 0 Å². The van der Waals surface area contributed by atoms with Crippen molar-refractivity contribution < 1.29 is 22.8 Å². The van der Waals surface area contributed by atoms with Gasteiger partial charge in [-0.2, -0.15) is 4.31 Å². The quantitative estimate of drug-likeness (QED) is 0.650. The van der Waals surface area contributed by atoms with Crippen LogP contribution in [0.15, 0.2) is 48.5 Å². The number of nitrogens with one attached hydrogen (secondary N) is 1. The summed E-state index contributed by atoms with van der Waals surface area (Å²) in [4.78, 5) is 37.8. The smallest absolute Gasteiger partial charge is 0.261 e. The summed E-state index contributed by atoms with van der Waals surface area (Å²) in [6, 6.07) is 14.3. The van der Waals surface area contributed by atoms with Crippen LogP contribution in [0.1, 0.15) is 38.3 Å². The van der Waals surface area contributed by atoms with E-state index in [0.29, 0.717) is 30.6 Å². The van der Waals surface area contributed by atoms with Crippen molar-refractivity contribution >= 4 is 27.7 Å². The predicted molar refractivity (Wildman–Crippen MR) is 114 cm³/mol. The Hall–Kier alpha value is -3.04. The van der Waals surface area contributed by atoms with Gasteiger partial charge < -0.3 is 5.32 Å². The number of nitrogens with zero attached hydrogens (tertiary/aromatic N) is 2. The third-order valence-electron chi connectivity index (χ3n) is 5.61. The van der Waals surface area contributed by atoms with Crippen molar-refractivity contribution in [2.75, 3.05) is 25.4 Å². The van der Waals surface area contributed by atoms with Crippen LogP contribution in [-0.4, -0.2) is 60.7 Å². The van der Waals surface area contributed by atoms with Crippen molar-refractivity contribution in [3.05, 3.63) is 70.8 Å². The summed E-state index contributed by atoms with van der Waals surface area (Å²) < 4.78 is 26.7. The predicted octanol–water partition coefficient (Wildman–Crippen LogP) is 1.18. The summed E-state index contributed by atoms with van der Waals surface area (Å²) in [5.41, 5.74) is 2.84. The number of benzene rings is 2. The molecule has 0 bridgehead atoms. The normalized spacial score (nSPS) is 16.2. The standard InChI is InChI=1S/C22H23N3O5S/c26-20(10-13-25-21(27)18-7-3-4-8-19(18)22(25)28)23-11-14-31(29,30)24-12-9-16-5-1-2-6-17(16)15-24/h1-8H,9-15H2,(H,23,26). The molecule has 0 saturated heterocycles. The highest BCUT2D eigenvalue weighted by molar-refractivity contribution is 7.89. The van der Waals surface area contributed by atoms with Crippen molar-refractivity contribution in [3.8, 4) is 0 Å². The van der Waals surface area contributed by atoms with Crippen LogP contribution in [0.2, 0.25) is 0 Å². The molecule has 2 aromatic rings. The van der Waals surface area contributed by atoms with Crippen molar-refractivity contribution in [1.82, 2.24) is 14.5 Å². The molecule has 2 heterocycles. The summed E-state index contributed by atoms with van der Waals surface area (Å²) in [5.74, 6) is -1.44. The van der Waals surface area contributed by atoms with Crippen LogP contribution < -0.4 is 5.32 Å².